The molecule has 5 rings (SSSR count). The lowest BCUT2D eigenvalue weighted by Gasteiger charge is -2.32. The van der Waals surface area contributed by atoms with Crippen molar-refractivity contribution in [1.29, 1.82) is 0 Å². The second-order valence-electron chi connectivity index (χ2n) is 9.24. The zero-order chi connectivity index (χ0) is 22.8. The van der Waals surface area contributed by atoms with Gasteiger partial charge in [0.2, 0.25) is 0 Å². The first kappa shape index (κ1) is 21.7. The first-order valence-corrected chi connectivity index (χ1v) is 12.6. The molecular formula is C29H30N2OS. The van der Waals surface area contributed by atoms with Crippen LogP contribution in [-0.2, 0) is 6.42 Å². The summed E-state index contributed by atoms with van der Waals surface area (Å²) in [5.41, 5.74) is 5.65. The van der Waals surface area contributed by atoms with Crippen molar-refractivity contribution >= 4 is 38.7 Å². The number of hydrogen-bond donors (Lipinski definition) is 1. The van der Waals surface area contributed by atoms with E-state index in [9.17, 15) is 4.79 Å². The molecule has 0 spiro atoms. The summed E-state index contributed by atoms with van der Waals surface area (Å²) in [6, 6.07) is 25.2. The molecule has 3 aromatic carbocycles. The van der Waals surface area contributed by atoms with Gasteiger partial charge in [0.15, 0.2) is 0 Å². The first-order valence-electron chi connectivity index (χ1n) is 11.8. The second-order valence-corrected chi connectivity index (χ2v) is 10.3. The number of fused-ring (bicyclic) bond motifs is 1. The van der Waals surface area contributed by atoms with E-state index in [2.05, 4.69) is 78.7 Å². The Kier molecular flexibility index (Phi) is 6.19. The Morgan fingerprint density at radius 2 is 1.67 bits per heavy atom. The van der Waals surface area contributed by atoms with Gasteiger partial charge < -0.3 is 10.2 Å². The highest BCUT2D eigenvalue weighted by Gasteiger charge is 2.20. The Balaban J connectivity index is 1.37. The number of carbonyl (C=O) groups is 1. The summed E-state index contributed by atoms with van der Waals surface area (Å²) in [7, 11) is 0. The maximum absolute atomic E-state index is 13.4. The monoisotopic (exact) mass is 454 g/mol. The fourth-order valence-corrected chi connectivity index (χ4v) is 5.69. The SMILES string of the molecule is Cc1ccc(Cc2c(C(=O)Nc3ccc(N4CCC(C)CC4)cc3)sc3ccccc23)cc1. The lowest BCUT2D eigenvalue weighted by atomic mass is 9.99. The number of amides is 1. The van der Waals surface area contributed by atoms with Crippen molar-refractivity contribution in [2.24, 2.45) is 5.92 Å². The van der Waals surface area contributed by atoms with E-state index in [4.69, 9.17) is 0 Å². The van der Waals surface area contributed by atoms with Crippen LogP contribution in [0, 0.1) is 12.8 Å². The molecule has 0 radical (unpaired) electrons. The lowest BCUT2D eigenvalue weighted by molar-refractivity contribution is 0.103. The average Bonchev–Trinajstić information content (AvgIpc) is 3.20. The first-order chi connectivity index (χ1) is 16.1. The maximum atomic E-state index is 13.4. The zero-order valence-electron chi connectivity index (χ0n) is 19.3. The Labute approximate surface area is 200 Å². The molecule has 3 nitrogen and oxygen atoms in total. The van der Waals surface area contributed by atoms with Gasteiger partial charge in [0.1, 0.15) is 0 Å². The van der Waals surface area contributed by atoms with Crippen molar-refractivity contribution in [3.8, 4) is 0 Å². The van der Waals surface area contributed by atoms with Gasteiger partial charge in [-0.05, 0) is 78.9 Å². The van der Waals surface area contributed by atoms with Crippen LogP contribution < -0.4 is 10.2 Å². The standard InChI is InChI=1S/C29H30N2OS/c1-20-7-9-22(10-8-20)19-26-25-5-3-4-6-27(25)33-28(26)29(32)30-23-11-13-24(14-12-23)31-17-15-21(2)16-18-31/h3-14,21H,15-19H2,1-2H3,(H,30,32). The fourth-order valence-electron chi connectivity index (χ4n) is 4.58. The van der Waals surface area contributed by atoms with Crippen LogP contribution in [0.25, 0.3) is 10.1 Å². The van der Waals surface area contributed by atoms with E-state index in [1.807, 2.05) is 18.2 Å². The predicted octanol–water partition coefficient (Wildman–Crippen LogP) is 7.29. The number of hydrogen-bond acceptors (Lipinski definition) is 3. The van der Waals surface area contributed by atoms with Crippen molar-refractivity contribution in [1.82, 2.24) is 0 Å². The van der Waals surface area contributed by atoms with E-state index in [0.717, 1.165) is 46.3 Å². The summed E-state index contributed by atoms with van der Waals surface area (Å²) >= 11 is 1.58. The van der Waals surface area contributed by atoms with Gasteiger partial charge in [-0.15, -0.1) is 11.3 Å². The van der Waals surface area contributed by atoms with Crippen molar-refractivity contribution in [3.05, 3.63) is 94.4 Å². The van der Waals surface area contributed by atoms with Gasteiger partial charge in [0.25, 0.3) is 5.91 Å². The van der Waals surface area contributed by atoms with Crippen LogP contribution in [0.2, 0.25) is 0 Å². The molecule has 0 saturated carbocycles. The van der Waals surface area contributed by atoms with Crippen LogP contribution in [-0.4, -0.2) is 19.0 Å². The molecule has 1 N–H and O–H groups in total. The zero-order valence-corrected chi connectivity index (χ0v) is 20.1. The Morgan fingerprint density at radius 1 is 0.970 bits per heavy atom. The third kappa shape index (κ3) is 4.81. The summed E-state index contributed by atoms with van der Waals surface area (Å²) in [4.78, 5) is 16.6. The van der Waals surface area contributed by atoms with E-state index in [0.29, 0.717) is 0 Å². The number of nitrogens with zero attached hydrogens (tertiary/aromatic N) is 1. The van der Waals surface area contributed by atoms with Crippen molar-refractivity contribution in [3.63, 3.8) is 0 Å². The molecule has 2 heterocycles. The van der Waals surface area contributed by atoms with Crippen molar-refractivity contribution < 1.29 is 4.79 Å². The smallest absolute Gasteiger partial charge is 0.266 e. The minimum absolute atomic E-state index is 0.0298. The minimum Gasteiger partial charge on any atom is -0.372 e. The summed E-state index contributed by atoms with van der Waals surface area (Å²) < 4.78 is 1.15. The quantitative estimate of drug-likeness (QED) is 0.343. The predicted molar refractivity (Wildman–Crippen MR) is 141 cm³/mol. The topological polar surface area (TPSA) is 32.3 Å². The highest BCUT2D eigenvalue weighted by atomic mass is 32.1. The second kappa shape index (κ2) is 9.40. The summed E-state index contributed by atoms with van der Waals surface area (Å²) in [6.45, 7) is 6.64. The van der Waals surface area contributed by atoms with Crippen LogP contribution in [0.1, 0.15) is 46.1 Å². The minimum atomic E-state index is -0.0298. The molecule has 4 heteroatoms. The Bertz CT molecular complexity index is 1250. The molecule has 1 aliphatic rings. The number of anilines is 2. The van der Waals surface area contributed by atoms with E-state index in [-0.39, 0.29) is 5.91 Å². The van der Waals surface area contributed by atoms with Gasteiger partial charge in [-0.2, -0.15) is 0 Å². The molecule has 0 unspecified atom stereocenters. The normalized spacial score (nSPS) is 14.5. The molecular weight excluding hydrogens is 424 g/mol. The summed E-state index contributed by atoms with van der Waals surface area (Å²) in [5.74, 6) is 0.785. The number of rotatable bonds is 5. The number of thiophene rings is 1. The van der Waals surface area contributed by atoms with E-state index < -0.39 is 0 Å². The number of nitrogens with one attached hydrogen (secondary N) is 1. The number of carbonyl (C=O) groups excluding carboxylic acids is 1. The van der Waals surface area contributed by atoms with Gasteiger partial charge in [0.05, 0.1) is 4.88 Å². The largest absolute Gasteiger partial charge is 0.372 e. The van der Waals surface area contributed by atoms with E-state index in [1.165, 1.54) is 35.0 Å². The van der Waals surface area contributed by atoms with E-state index in [1.54, 1.807) is 11.3 Å². The number of aryl methyl sites for hydroxylation is 1. The molecule has 1 aromatic heterocycles. The van der Waals surface area contributed by atoms with Crippen LogP contribution >= 0.6 is 11.3 Å². The molecule has 0 atom stereocenters. The van der Waals surface area contributed by atoms with Crippen LogP contribution in [0.15, 0.2) is 72.8 Å². The molecule has 168 valence electrons. The molecule has 0 bridgehead atoms. The average molecular weight is 455 g/mol. The summed E-state index contributed by atoms with van der Waals surface area (Å²) in [6.07, 6.45) is 3.24. The van der Waals surface area contributed by atoms with Gasteiger partial charge in [-0.3, -0.25) is 4.79 Å². The van der Waals surface area contributed by atoms with Crippen LogP contribution in [0.5, 0.6) is 0 Å². The van der Waals surface area contributed by atoms with Crippen LogP contribution in [0.3, 0.4) is 0 Å². The fraction of sp³-hybridized carbons (Fsp3) is 0.276. The molecule has 4 aromatic rings. The molecule has 1 aliphatic heterocycles. The third-order valence-corrected chi connectivity index (χ3v) is 7.89. The highest BCUT2D eigenvalue weighted by molar-refractivity contribution is 7.21. The number of benzene rings is 3. The van der Waals surface area contributed by atoms with Gasteiger partial charge in [-0.1, -0.05) is 55.0 Å². The molecule has 0 aliphatic carbocycles. The Morgan fingerprint density at radius 3 is 2.39 bits per heavy atom. The van der Waals surface area contributed by atoms with E-state index >= 15 is 0 Å². The maximum Gasteiger partial charge on any atom is 0.266 e. The van der Waals surface area contributed by atoms with Crippen molar-refractivity contribution in [2.45, 2.75) is 33.1 Å². The van der Waals surface area contributed by atoms with Gasteiger partial charge >= 0.3 is 0 Å². The van der Waals surface area contributed by atoms with Gasteiger partial charge in [-0.25, -0.2) is 0 Å². The molecule has 33 heavy (non-hydrogen) atoms. The van der Waals surface area contributed by atoms with Crippen LogP contribution in [0.4, 0.5) is 11.4 Å². The summed E-state index contributed by atoms with van der Waals surface area (Å²) in [5, 5.41) is 4.31. The highest BCUT2D eigenvalue weighted by Crippen LogP contribution is 2.34. The molecule has 1 fully saturated rings. The van der Waals surface area contributed by atoms with Crippen molar-refractivity contribution in [2.75, 3.05) is 23.3 Å². The number of piperidine rings is 1. The Hall–Kier alpha value is -3.11. The molecule has 1 saturated heterocycles. The van der Waals surface area contributed by atoms with Gasteiger partial charge in [0, 0.05) is 29.2 Å². The third-order valence-electron chi connectivity index (χ3n) is 6.68. The molecule has 1 amide bonds. The lowest BCUT2D eigenvalue weighted by Crippen LogP contribution is -2.32.